The van der Waals surface area contributed by atoms with Gasteiger partial charge >= 0.3 is 6.36 Å². The second-order valence-electron chi connectivity index (χ2n) is 4.18. The molecule has 0 saturated carbocycles. The van der Waals surface area contributed by atoms with Gasteiger partial charge in [-0.2, -0.15) is 5.10 Å². The van der Waals surface area contributed by atoms with Gasteiger partial charge in [-0.3, -0.25) is 5.01 Å². The summed E-state index contributed by atoms with van der Waals surface area (Å²) in [5, 5.41) is 6.09. The molecule has 3 nitrogen and oxygen atoms in total. The van der Waals surface area contributed by atoms with Crippen LogP contribution in [0.15, 0.2) is 23.3 Å². The highest BCUT2D eigenvalue weighted by Crippen LogP contribution is 2.26. The first-order valence-electron chi connectivity index (χ1n) is 5.50. The summed E-state index contributed by atoms with van der Waals surface area (Å²) in [6.07, 6.45) is -4.01. The third kappa shape index (κ3) is 2.94. The summed E-state index contributed by atoms with van der Waals surface area (Å²) in [4.78, 5) is 0. The van der Waals surface area contributed by atoms with Crippen LogP contribution in [0.2, 0.25) is 0 Å². The molecule has 0 amide bonds. The van der Waals surface area contributed by atoms with Gasteiger partial charge in [0.05, 0.1) is 5.71 Å². The van der Waals surface area contributed by atoms with Crippen molar-refractivity contribution >= 4 is 5.71 Å². The number of hydrogen-bond donors (Lipinski definition) is 0. The SMILES string of the molecule is CC1=NN(C)CCc2cc(OC(F)(F)F)ccc21. The molecule has 1 aromatic rings. The van der Waals surface area contributed by atoms with Crippen LogP contribution in [0.25, 0.3) is 0 Å². The van der Waals surface area contributed by atoms with Crippen LogP contribution >= 0.6 is 0 Å². The Morgan fingerprint density at radius 2 is 2.06 bits per heavy atom. The molecular weight excluding hydrogens is 245 g/mol. The Morgan fingerprint density at radius 3 is 2.72 bits per heavy atom. The highest BCUT2D eigenvalue weighted by atomic mass is 19.4. The topological polar surface area (TPSA) is 24.8 Å². The summed E-state index contributed by atoms with van der Waals surface area (Å²) in [5.74, 6) is -0.182. The molecule has 0 aromatic heterocycles. The number of hydrogen-bond acceptors (Lipinski definition) is 3. The van der Waals surface area contributed by atoms with Gasteiger partial charge in [-0.15, -0.1) is 13.2 Å². The van der Waals surface area contributed by atoms with Gasteiger partial charge in [0, 0.05) is 19.2 Å². The maximum atomic E-state index is 12.1. The molecule has 0 spiro atoms. The van der Waals surface area contributed by atoms with Crippen LogP contribution in [0.1, 0.15) is 18.1 Å². The highest BCUT2D eigenvalue weighted by Gasteiger charge is 2.31. The Morgan fingerprint density at radius 1 is 1.33 bits per heavy atom. The Bertz CT molecular complexity index is 483. The average Bonchev–Trinajstić information content (AvgIpc) is 2.36. The van der Waals surface area contributed by atoms with Crippen LogP contribution < -0.4 is 4.74 Å². The molecule has 0 bridgehead atoms. The van der Waals surface area contributed by atoms with Crippen LogP contribution in [-0.2, 0) is 6.42 Å². The van der Waals surface area contributed by atoms with Crippen molar-refractivity contribution in [3.8, 4) is 5.75 Å². The van der Waals surface area contributed by atoms with E-state index in [-0.39, 0.29) is 5.75 Å². The number of likely N-dealkylation sites (N-methyl/N-ethyl adjacent to an activating group) is 1. The van der Waals surface area contributed by atoms with E-state index in [4.69, 9.17) is 0 Å². The lowest BCUT2D eigenvalue weighted by atomic mass is 10.0. The summed E-state index contributed by atoms with van der Waals surface area (Å²) in [7, 11) is 1.84. The normalized spacial score (nSPS) is 15.8. The number of benzene rings is 1. The fraction of sp³-hybridized carbons (Fsp3) is 0.417. The highest BCUT2D eigenvalue weighted by molar-refractivity contribution is 6.00. The molecule has 98 valence electrons. The van der Waals surface area contributed by atoms with E-state index in [1.54, 1.807) is 11.1 Å². The molecule has 0 unspecified atom stereocenters. The number of rotatable bonds is 1. The number of hydrazone groups is 1. The zero-order valence-electron chi connectivity index (χ0n) is 10.1. The zero-order chi connectivity index (χ0) is 13.3. The lowest BCUT2D eigenvalue weighted by molar-refractivity contribution is -0.274. The molecule has 0 N–H and O–H groups in total. The molecule has 1 aliphatic heterocycles. The van der Waals surface area contributed by atoms with Crippen LogP contribution in [0, 0.1) is 0 Å². The fourth-order valence-electron chi connectivity index (χ4n) is 1.97. The molecule has 0 atom stereocenters. The Hall–Kier alpha value is -1.72. The molecule has 0 saturated heterocycles. The molecular formula is C12H13F3N2O. The van der Waals surface area contributed by atoms with E-state index in [0.29, 0.717) is 13.0 Å². The number of nitrogens with zero attached hydrogens (tertiary/aromatic N) is 2. The largest absolute Gasteiger partial charge is 0.573 e. The minimum absolute atomic E-state index is 0.182. The molecule has 0 aliphatic carbocycles. The van der Waals surface area contributed by atoms with E-state index < -0.39 is 6.36 Å². The fourth-order valence-corrected chi connectivity index (χ4v) is 1.97. The Labute approximate surface area is 103 Å². The van der Waals surface area contributed by atoms with Gasteiger partial charge in [-0.25, -0.2) is 0 Å². The molecule has 6 heteroatoms. The van der Waals surface area contributed by atoms with Gasteiger partial charge in [0.2, 0.25) is 0 Å². The van der Waals surface area contributed by atoms with Crippen LogP contribution in [0.3, 0.4) is 0 Å². The number of halogens is 3. The van der Waals surface area contributed by atoms with E-state index in [1.165, 1.54) is 12.1 Å². The van der Waals surface area contributed by atoms with E-state index in [2.05, 4.69) is 9.84 Å². The van der Waals surface area contributed by atoms with Crippen molar-refractivity contribution < 1.29 is 17.9 Å². The molecule has 18 heavy (non-hydrogen) atoms. The van der Waals surface area contributed by atoms with Crippen LogP contribution in [0.5, 0.6) is 5.75 Å². The number of fused-ring (bicyclic) bond motifs is 1. The Kier molecular flexibility index (Phi) is 3.19. The minimum atomic E-state index is -4.65. The maximum Gasteiger partial charge on any atom is 0.573 e. The predicted octanol–water partition coefficient (Wildman–Crippen LogP) is 2.80. The molecule has 1 heterocycles. The van der Waals surface area contributed by atoms with Gasteiger partial charge < -0.3 is 4.74 Å². The first kappa shape index (κ1) is 12.7. The summed E-state index contributed by atoms with van der Waals surface area (Å²) in [6, 6.07) is 4.37. The van der Waals surface area contributed by atoms with Gasteiger partial charge in [-0.05, 0) is 37.1 Å². The standard InChI is InChI=1S/C12H13F3N2O/c1-8-11-4-3-10(18-12(13,14)15)7-9(11)5-6-17(2)16-8/h3-4,7H,5-6H2,1-2H3. The van der Waals surface area contributed by atoms with E-state index in [1.807, 2.05) is 14.0 Å². The molecule has 1 aliphatic rings. The van der Waals surface area contributed by atoms with Crippen molar-refractivity contribution in [2.24, 2.45) is 5.10 Å². The third-order valence-electron chi connectivity index (χ3n) is 2.73. The lowest BCUT2D eigenvalue weighted by Gasteiger charge is -2.12. The van der Waals surface area contributed by atoms with Crippen molar-refractivity contribution in [3.05, 3.63) is 29.3 Å². The minimum Gasteiger partial charge on any atom is -0.406 e. The molecule has 2 rings (SSSR count). The van der Waals surface area contributed by atoms with Crippen molar-refractivity contribution in [1.82, 2.24) is 5.01 Å². The van der Waals surface area contributed by atoms with Crippen molar-refractivity contribution in [3.63, 3.8) is 0 Å². The second-order valence-corrected chi connectivity index (χ2v) is 4.18. The van der Waals surface area contributed by atoms with Gasteiger partial charge in [0.1, 0.15) is 5.75 Å². The lowest BCUT2D eigenvalue weighted by Crippen LogP contribution is -2.17. The first-order valence-corrected chi connectivity index (χ1v) is 5.50. The first-order chi connectivity index (χ1) is 8.35. The zero-order valence-corrected chi connectivity index (χ0v) is 10.1. The smallest absolute Gasteiger partial charge is 0.406 e. The Balaban J connectivity index is 2.32. The number of alkyl halides is 3. The van der Waals surface area contributed by atoms with Gasteiger partial charge in [0.25, 0.3) is 0 Å². The van der Waals surface area contributed by atoms with E-state index >= 15 is 0 Å². The van der Waals surface area contributed by atoms with Crippen molar-refractivity contribution in [2.75, 3.05) is 13.6 Å². The number of ether oxygens (including phenoxy) is 1. The average molecular weight is 258 g/mol. The van der Waals surface area contributed by atoms with Gasteiger partial charge in [0.15, 0.2) is 0 Å². The summed E-state index contributed by atoms with van der Waals surface area (Å²) in [5.41, 5.74) is 2.49. The van der Waals surface area contributed by atoms with E-state index in [0.717, 1.165) is 16.8 Å². The second kappa shape index (κ2) is 4.51. The van der Waals surface area contributed by atoms with Crippen molar-refractivity contribution in [2.45, 2.75) is 19.7 Å². The van der Waals surface area contributed by atoms with Gasteiger partial charge in [-0.1, -0.05) is 0 Å². The summed E-state index contributed by atoms with van der Waals surface area (Å²) < 4.78 is 40.3. The molecule has 0 fully saturated rings. The summed E-state index contributed by atoms with van der Waals surface area (Å²) in [6.45, 7) is 2.50. The molecule has 1 aromatic carbocycles. The van der Waals surface area contributed by atoms with Crippen LogP contribution in [-0.4, -0.2) is 30.7 Å². The summed E-state index contributed by atoms with van der Waals surface area (Å²) >= 11 is 0. The predicted molar refractivity (Wildman–Crippen MR) is 61.7 cm³/mol. The molecule has 0 radical (unpaired) electrons. The van der Waals surface area contributed by atoms with E-state index in [9.17, 15) is 13.2 Å². The quantitative estimate of drug-likeness (QED) is 0.773. The third-order valence-corrected chi connectivity index (χ3v) is 2.73. The monoisotopic (exact) mass is 258 g/mol. The van der Waals surface area contributed by atoms with Crippen molar-refractivity contribution in [1.29, 1.82) is 0 Å². The van der Waals surface area contributed by atoms with Crippen LogP contribution in [0.4, 0.5) is 13.2 Å². The maximum absolute atomic E-state index is 12.1.